The number of amidine groups is 1. The van der Waals surface area contributed by atoms with Crippen molar-refractivity contribution in [3.8, 4) is 12.8 Å². The average molecular weight is 492 g/mol. The molecule has 13 heteroatoms. The van der Waals surface area contributed by atoms with Gasteiger partial charge in [0.05, 0.1) is 29.9 Å². The van der Waals surface area contributed by atoms with E-state index in [0.717, 1.165) is 6.21 Å². The third-order valence-electron chi connectivity index (χ3n) is 5.42. The number of nitrogens with zero attached hydrogens (tertiary/aromatic N) is 6. The van der Waals surface area contributed by atoms with Crippen molar-refractivity contribution in [3.63, 3.8) is 0 Å². The van der Waals surface area contributed by atoms with Gasteiger partial charge in [0.2, 0.25) is 0 Å². The Morgan fingerprint density at radius 3 is 2.68 bits per heavy atom. The van der Waals surface area contributed by atoms with Crippen LogP contribution in [0.4, 0.5) is 24.7 Å². The molecule has 4 heterocycles. The minimum absolute atomic E-state index is 0.151. The van der Waals surface area contributed by atoms with E-state index >= 15 is 0 Å². The summed E-state index contributed by atoms with van der Waals surface area (Å²) in [5.41, 5.74) is 10.3. The van der Waals surface area contributed by atoms with E-state index in [-0.39, 0.29) is 35.8 Å². The van der Waals surface area contributed by atoms with Gasteiger partial charge in [-0.1, -0.05) is 6.92 Å². The van der Waals surface area contributed by atoms with Gasteiger partial charge in [-0.05, 0) is 13.3 Å². The van der Waals surface area contributed by atoms with Gasteiger partial charge in [-0.3, -0.25) is 10.3 Å². The topological polar surface area (TPSA) is 119 Å². The molecule has 0 bridgehead atoms. The van der Waals surface area contributed by atoms with Gasteiger partial charge in [0, 0.05) is 24.3 Å². The number of hydrazone groups is 1. The summed E-state index contributed by atoms with van der Waals surface area (Å²) in [6, 6.07) is -0.308. The lowest BCUT2D eigenvalue weighted by atomic mass is 10.0. The van der Waals surface area contributed by atoms with Crippen LogP contribution in [0.25, 0.3) is 11.3 Å². The molecule has 4 N–H and O–H groups in total. The summed E-state index contributed by atoms with van der Waals surface area (Å²) in [6.45, 7) is 3.46. The van der Waals surface area contributed by atoms with Crippen LogP contribution < -0.4 is 21.0 Å². The zero-order chi connectivity index (χ0) is 25.0. The van der Waals surface area contributed by atoms with E-state index in [1.54, 1.807) is 22.7 Å². The molecule has 4 rings (SSSR count). The van der Waals surface area contributed by atoms with Crippen molar-refractivity contribution in [2.45, 2.75) is 45.1 Å². The Bertz CT molecular complexity index is 1110. The number of fused-ring (bicyclic) bond motifs is 3. The van der Waals surface area contributed by atoms with Gasteiger partial charge in [0.15, 0.2) is 11.6 Å². The van der Waals surface area contributed by atoms with Gasteiger partial charge in [0.25, 0.3) is 0 Å². The lowest BCUT2D eigenvalue weighted by Gasteiger charge is -2.45. The van der Waals surface area contributed by atoms with E-state index < -0.39 is 12.6 Å². The molecular formula is C21H24F3N9S. The van der Waals surface area contributed by atoms with Crippen molar-refractivity contribution in [2.24, 2.45) is 10.8 Å². The molecule has 2 aromatic rings. The second-order valence-electron chi connectivity index (χ2n) is 7.35. The lowest BCUT2D eigenvalue weighted by molar-refractivity contribution is -0.132. The van der Waals surface area contributed by atoms with Gasteiger partial charge in [-0.25, -0.2) is 15.0 Å². The molecule has 2 aliphatic heterocycles. The molecule has 180 valence electrons. The number of rotatable bonds is 6. The van der Waals surface area contributed by atoms with Gasteiger partial charge in [-0.15, -0.1) is 24.2 Å². The minimum Gasteiger partial charge on any atom is -0.396 e. The largest absolute Gasteiger partial charge is 0.396 e. The first kappa shape index (κ1) is 25.0. The number of nitrogens with two attached hydrogens (primary N) is 1. The highest BCUT2D eigenvalue weighted by atomic mass is 32.1. The summed E-state index contributed by atoms with van der Waals surface area (Å²) in [5.74, 6) is 1.18. The van der Waals surface area contributed by atoms with Crippen LogP contribution in [0.15, 0.2) is 22.9 Å². The number of aromatic nitrogens is 3. The van der Waals surface area contributed by atoms with Crippen LogP contribution in [-0.4, -0.2) is 51.9 Å². The van der Waals surface area contributed by atoms with E-state index in [0.29, 0.717) is 28.8 Å². The van der Waals surface area contributed by atoms with Crippen molar-refractivity contribution >= 4 is 46.2 Å². The highest BCUT2D eigenvalue weighted by molar-refractivity contribution is 7.10. The number of hydrogen-bond donors (Lipinski definition) is 3. The van der Waals surface area contributed by atoms with E-state index in [1.165, 1.54) is 11.3 Å². The molecule has 9 nitrogen and oxygen atoms in total. The number of thiazole rings is 1. The molecule has 1 unspecified atom stereocenters. The van der Waals surface area contributed by atoms with Crippen LogP contribution in [0.2, 0.25) is 0 Å². The predicted molar refractivity (Wildman–Crippen MR) is 128 cm³/mol. The smallest absolute Gasteiger partial charge is 0.390 e. The maximum absolute atomic E-state index is 13.1. The third kappa shape index (κ3) is 4.67. The quantitative estimate of drug-likeness (QED) is 0.419. The summed E-state index contributed by atoms with van der Waals surface area (Å²) in [7, 11) is 0. The number of hydrogen-bond acceptors (Lipinski definition) is 10. The molecule has 0 aliphatic carbocycles. The normalized spacial score (nSPS) is 19.7. The highest BCUT2D eigenvalue weighted by Gasteiger charge is 2.44. The summed E-state index contributed by atoms with van der Waals surface area (Å²) in [6.07, 6.45) is 7.12. The van der Waals surface area contributed by atoms with Crippen molar-refractivity contribution in [2.75, 3.05) is 16.3 Å². The first-order valence-corrected chi connectivity index (χ1v) is 11.2. The van der Waals surface area contributed by atoms with E-state index in [4.69, 9.17) is 11.1 Å². The van der Waals surface area contributed by atoms with Gasteiger partial charge in [0.1, 0.15) is 22.7 Å². The Hall–Kier alpha value is -3.66. The Labute approximate surface area is 199 Å². The summed E-state index contributed by atoms with van der Waals surface area (Å²) >= 11 is 1.31. The fourth-order valence-corrected chi connectivity index (χ4v) is 4.57. The second-order valence-corrected chi connectivity index (χ2v) is 8.24. The number of terminal acetylenes is 1. The lowest BCUT2D eigenvalue weighted by Crippen LogP contribution is -2.59. The molecule has 0 fully saturated rings. The maximum atomic E-state index is 13.1. The molecule has 34 heavy (non-hydrogen) atoms. The number of alkyl halides is 3. The predicted octanol–water partition coefficient (Wildman–Crippen LogP) is 3.28. The molecular weight excluding hydrogens is 467 g/mol. The summed E-state index contributed by atoms with van der Waals surface area (Å²) < 4.78 is 39.3. The molecule has 2 aliphatic rings. The molecule has 0 amide bonds. The summed E-state index contributed by atoms with van der Waals surface area (Å²) in [4.78, 5) is 16.7. The zero-order valence-corrected chi connectivity index (χ0v) is 19.4. The Morgan fingerprint density at radius 2 is 2.09 bits per heavy atom. The minimum atomic E-state index is -4.31. The van der Waals surface area contributed by atoms with Crippen molar-refractivity contribution in [3.05, 3.63) is 28.6 Å². The number of anilines is 2. The van der Waals surface area contributed by atoms with Gasteiger partial charge >= 0.3 is 6.18 Å². The third-order valence-corrected chi connectivity index (χ3v) is 6.23. The molecule has 0 radical (unpaired) electrons. The molecule has 0 spiro atoms. The van der Waals surface area contributed by atoms with Crippen molar-refractivity contribution in [1.82, 2.24) is 20.4 Å². The van der Waals surface area contributed by atoms with Crippen molar-refractivity contribution < 1.29 is 13.2 Å². The van der Waals surface area contributed by atoms with E-state index in [9.17, 15) is 13.2 Å². The monoisotopic (exact) mass is 491 g/mol. The van der Waals surface area contributed by atoms with Crippen LogP contribution in [0.5, 0.6) is 0 Å². The molecule has 0 saturated carbocycles. The average Bonchev–Trinajstić information content (AvgIpc) is 3.49. The standard InChI is InChI=1S/C19H22F3N9S.C2H2/c1-3-12-17-29-28-10(2)31(17)13-9-26-15(11(8-23)14(24)18-25-5-7-32-18)27-16(13)30(12)6-4-19(20,21)22;1-2/h5,7-9,12,17,23,29H,3-4,6,24H2,1-2H3;1-2H/b14-11+,23-8?;/t12-,17?;/m1./s1. The fraction of sp³-hybridized carbons (Fsp3) is 0.381. The van der Waals surface area contributed by atoms with Gasteiger partial charge in [-0.2, -0.15) is 18.3 Å². The van der Waals surface area contributed by atoms with Gasteiger partial charge < -0.3 is 16.0 Å². The molecule has 0 aromatic carbocycles. The molecule has 2 atom stereocenters. The SMILES string of the molecule is C#C.CC[C@@H]1C2NN=C(C)N2c2cnc(/C(C=N)=C(/N)c3nccs3)nc2N1CCC(F)(F)F. The van der Waals surface area contributed by atoms with Crippen LogP contribution >= 0.6 is 11.3 Å². The molecule has 2 aromatic heterocycles. The van der Waals surface area contributed by atoms with Crippen LogP contribution in [0.3, 0.4) is 0 Å². The van der Waals surface area contributed by atoms with Crippen molar-refractivity contribution in [1.29, 1.82) is 5.41 Å². The van der Waals surface area contributed by atoms with Crippen LogP contribution in [0, 0.1) is 18.3 Å². The first-order valence-electron chi connectivity index (χ1n) is 10.3. The highest BCUT2D eigenvalue weighted by Crippen LogP contribution is 2.40. The van der Waals surface area contributed by atoms with Crippen LogP contribution in [-0.2, 0) is 0 Å². The number of halogens is 3. The first-order chi connectivity index (χ1) is 16.2. The molecule has 0 saturated heterocycles. The maximum Gasteiger partial charge on any atom is 0.390 e. The Kier molecular flexibility index (Phi) is 7.41. The Morgan fingerprint density at radius 1 is 1.35 bits per heavy atom. The second kappa shape index (κ2) is 10.1. The zero-order valence-electron chi connectivity index (χ0n) is 18.5. The summed E-state index contributed by atoms with van der Waals surface area (Å²) in [5, 5.41) is 14.4. The fourth-order valence-electron chi connectivity index (χ4n) is 3.96. The van der Waals surface area contributed by atoms with E-state index in [1.807, 2.05) is 18.7 Å². The van der Waals surface area contributed by atoms with Crippen LogP contribution in [0.1, 0.15) is 37.5 Å². The number of nitrogens with one attached hydrogen (secondary N) is 2. The van der Waals surface area contributed by atoms with E-state index in [2.05, 4.69) is 38.3 Å². The number of allylic oxidation sites excluding steroid dienone is 1. The Balaban J connectivity index is 0.00000158.